The highest BCUT2D eigenvalue weighted by atomic mass is 19.2. The Bertz CT molecular complexity index is 3340. The maximum absolute atomic E-state index is 15.6. The summed E-state index contributed by atoms with van der Waals surface area (Å²) >= 11 is 0. The van der Waals surface area contributed by atoms with E-state index in [2.05, 4.69) is 4.99 Å². The van der Waals surface area contributed by atoms with Gasteiger partial charge in [0.25, 0.3) is 0 Å². The van der Waals surface area contributed by atoms with Gasteiger partial charge in [0.15, 0.2) is 0 Å². The van der Waals surface area contributed by atoms with Crippen LogP contribution in [-0.2, 0) is 0 Å². The minimum absolute atomic E-state index is 0.164. The average Bonchev–Trinajstić information content (AvgIpc) is 4.13. The Morgan fingerprint density at radius 2 is 0.826 bits per heavy atom. The fourth-order valence-corrected chi connectivity index (χ4v) is 10.4. The molecule has 344 valence electrons. The smallest absolute Gasteiger partial charge is 0.332 e. The van der Waals surface area contributed by atoms with Crippen LogP contribution in [0.4, 0.5) is 25.9 Å². The Morgan fingerprint density at radius 1 is 0.449 bits per heavy atom. The van der Waals surface area contributed by atoms with Crippen LogP contribution in [0, 0.1) is 62.3 Å². The van der Waals surface area contributed by atoms with Gasteiger partial charge in [0, 0.05) is 87.1 Å². The van der Waals surface area contributed by atoms with Crippen LogP contribution in [0.25, 0.3) is 27.9 Å². The van der Waals surface area contributed by atoms with Gasteiger partial charge in [-0.15, -0.1) is 0 Å². The van der Waals surface area contributed by atoms with Gasteiger partial charge in [-0.1, -0.05) is 53.1 Å². The SMILES string of the molecule is Cc1cc(C)c(/C(=C2\C=CC=N2)c2cc(C3=C/C(=C(/c4c(C)cc(C)cc4C)c4cc(C5=C/C(=C(/c6c(C)cc(C)cc6C)c6cccn6B(F)F)N=C5)cn4B(F)F)N=C3)cn2B(F)F)c(C)c1. The highest BCUT2D eigenvalue weighted by Gasteiger charge is 2.32. The molecule has 3 aromatic heterocycles. The number of halogens is 6. The van der Waals surface area contributed by atoms with Gasteiger partial charge < -0.3 is 13.4 Å². The molecule has 15 heteroatoms. The van der Waals surface area contributed by atoms with Crippen molar-refractivity contribution in [3.63, 3.8) is 0 Å². The molecule has 6 aromatic rings. The number of hydrogen-bond donors (Lipinski definition) is 0. The number of aliphatic imine (C=N–C) groups is 3. The molecule has 0 saturated carbocycles. The molecule has 0 bridgehead atoms. The molecular weight excluding hydrogens is 879 g/mol. The molecule has 0 N–H and O–H groups in total. The van der Waals surface area contributed by atoms with Crippen LogP contribution in [0.2, 0.25) is 0 Å². The highest BCUT2D eigenvalue weighted by Crippen LogP contribution is 2.42. The molecule has 9 rings (SSSR count). The third-order valence-corrected chi connectivity index (χ3v) is 12.9. The predicted octanol–water partition coefficient (Wildman–Crippen LogP) is 13.4. The van der Waals surface area contributed by atoms with Crippen molar-refractivity contribution in [2.45, 2.75) is 62.3 Å². The summed E-state index contributed by atoms with van der Waals surface area (Å²) in [5.41, 5.74) is 15.9. The largest absolute Gasteiger partial charge is 0.677 e. The van der Waals surface area contributed by atoms with Crippen molar-refractivity contribution in [2.75, 3.05) is 0 Å². The quantitative estimate of drug-likeness (QED) is 0.0918. The third kappa shape index (κ3) is 8.64. The minimum atomic E-state index is -2.99. The summed E-state index contributed by atoms with van der Waals surface area (Å²) in [6.07, 6.45) is 16.0. The number of rotatable bonds is 11. The van der Waals surface area contributed by atoms with E-state index in [0.29, 0.717) is 61.6 Å². The lowest BCUT2D eigenvalue weighted by Crippen LogP contribution is -2.16. The maximum atomic E-state index is 15.6. The topological polar surface area (TPSA) is 51.9 Å². The van der Waals surface area contributed by atoms with Gasteiger partial charge in [-0.2, -0.15) is 0 Å². The van der Waals surface area contributed by atoms with E-state index in [0.717, 1.165) is 74.6 Å². The van der Waals surface area contributed by atoms with Crippen LogP contribution in [0.15, 0.2) is 136 Å². The van der Waals surface area contributed by atoms with Crippen LogP contribution >= 0.6 is 0 Å². The molecule has 0 radical (unpaired) electrons. The van der Waals surface area contributed by atoms with Gasteiger partial charge in [-0.25, -0.2) is 0 Å². The molecule has 3 aliphatic heterocycles. The molecule has 0 aliphatic carbocycles. The summed E-state index contributed by atoms with van der Waals surface area (Å²) in [5.74, 6) is 0. The van der Waals surface area contributed by atoms with E-state index in [1.807, 2.05) is 98.7 Å². The zero-order chi connectivity index (χ0) is 49.2. The molecule has 0 fully saturated rings. The van der Waals surface area contributed by atoms with Crippen LogP contribution in [-0.4, -0.2) is 54.3 Å². The van der Waals surface area contributed by atoms with E-state index in [1.54, 1.807) is 67.2 Å². The summed E-state index contributed by atoms with van der Waals surface area (Å²) in [4.78, 5) is 14.2. The molecule has 0 amide bonds. The first kappa shape index (κ1) is 46.8. The molecular formula is C54H47B3F6N6. The van der Waals surface area contributed by atoms with Gasteiger partial charge in [-0.05, 0) is 167 Å². The van der Waals surface area contributed by atoms with Crippen molar-refractivity contribution in [1.29, 1.82) is 0 Å². The van der Waals surface area contributed by atoms with Crippen LogP contribution in [0.3, 0.4) is 0 Å². The van der Waals surface area contributed by atoms with Gasteiger partial charge in [0.05, 0.1) is 17.1 Å². The van der Waals surface area contributed by atoms with Crippen molar-refractivity contribution in [3.8, 4) is 0 Å². The Hall–Kier alpha value is -7.28. The zero-order valence-electron chi connectivity index (χ0n) is 39.7. The Kier molecular flexibility index (Phi) is 12.4. The number of aromatic nitrogens is 3. The minimum Gasteiger partial charge on any atom is -0.332 e. The van der Waals surface area contributed by atoms with Crippen LogP contribution < -0.4 is 0 Å². The summed E-state index contributed by atoms with van der Waals surface area (Å²) in [6.45, 7) is 17.5. The van der Waals surface area contributed by atoms with E-state index in [1.165, 1.54) is 18.6 Å². The normalized spacial score (nSPS) is 16.2. The molecule has 6 nitrogen and oxygen atoms in total. The molecule has 69 heavy (non-hydrogen) atoms. The number of nitrogens with zero attached hydrogens (tertiary/aromatic N) is 6. The second kappa shape index (κ2) is 18.3. The number of aryl methyl sites for hydroxylation is 9. The first-order valence-electron chi connectivity index (χ1n) is 22.6. The van der Waals surface area contributed by atoms with Crippen LogP contribution in [0.5, 0.6) is 0 Å². The van der Waals surface area contributed by atoms with Crippen molar-refractivity contribution in [2.24, 2.45) is 15.0 Å². The summed E-state index contributed by atoms with van der Waals surface area (Å²) < 4.78 is 93.2. The fraction of sp³-hybridized carbons (Fsp3) is 0.167. The van der Waals surface area contributed by atoms with Crippen molar-refractivity contribution >= 4 is 68.7 Å². The Morgan fingerprint density at radius 3 is 1.19 bits per heavy atom. The van der Waals surface area contributed by atoms with Crippen molar-refractivity contribution in [1.82, 2.24) is 13.4 Å². The average molecular weight is 926 g/mol. The van der Waals surface area contributed by atoms with E-state index < -0.39 is 22.2 Å². The summed E-state index contributed by atoms with van der Waals surface area (Å²) in [5, 5.41) is 0. The van der Waals surface area contributed by atoms with Gasteiger partial charge in [-0.3, -0.25) is 40.9 Å². The highest BCUT2D eigenvalue weighted by molar-refractivity contribution is 6.42. The monoisotopic (exact) mass is 926 g/mol. The number of hydrogen-bond acceptors (Lipinski definition) is 3. The number of allylic oxidation sites excluding steroid dienone is 6. The van der Waals surface area contributed by atoms with Crippen molar-refractivity contribution < 1.29 is 25.9 Å². The van der Waals surface area contributed by atoms with E-state index in [9.17, 15) is 8.63 Å². The standard InChI is InChI=1S/C54H47B3F6N6/c1-30-16-33(4)49(34(5)17-30)52(43-12-10-14-64-43)47-24-41(28-68(47)56(60)61)40-23-45(66-27-40)54(51-37(8)20-32(3)21-38(51)9)48-25-42(29-69(48)57(62)63)39-22-44(65-26-39)53(46-13-11-15-67(46)55(58)59)50-35(6)18-31(2)19-36(50)7/h10-29H,1-9H3/b52-43+,53-44-,54-45-. The van der Waals surface area contributed by atoms with Crippen molar-refractivity contribution in [3.05, 3.63) is 216 Å². The second-order valence-electron chi connectivity index (χ2n) is 18.1. The van der Waals surface area contributed by atoms with Crippen LogP contribution in [0.1, 0.15) is 95.0 Å². The molecule has 0 unspecified atom stereocenters. The lowest BCUT2D eigenvalue weighted by Gasteiger charge is -2.18. The maximum Gasteiger partial charge on any atom is 0.677 e. The Labute approximate surface area is 399 Å². The molecule has 0 atom stereocenters. The first-order valence-corrected chi connectivity index (χ1v) is 22.6. The molecule has 0 spiro atoms. The van der Waals surface area contributed by atoms with Gasteiger partial charge in [0.2, 0.25) is 0 Å². The predicted molar refractivity (Wildman–Crippen MR) is 274 cm³/mol. The van der Waals surface area contributed by atoms with E-state index in [4.69, 9.17) is 9.98 Å². The fourth-order valence-electron chi connectivity index (χ4n) is 10.4. The lowest BCUT2D eigenvalue weighted by molar-refractivity contribution is 0.627. The first-order chi connectivity index (χ1) is 32.9. The molecule has 3 aromatic carbocycles. The number of benzene rings is 3. The Balaban J connectivity index is 1.23. The van der Waals surface area contributed by atoms with E-state index >= 15 is 17.3 Å². The molecule has 0 saturated heterocycles. The molecule has 3 aliphatic rings. The lowest BCUT2D eigenvalue weighted by atomic mass is 9.89. The zero-order valence-corrected chi connectivity index (χ0v) is 39.7. The second-order valence-corrected chi connectivity index (χ2v) is 18.1. The summed E-state index contributed by atoms with van der Waals surface area (Å²) in [7, 11) is -8.71. The molecule has 6 heterocycles. The van der Waals surface area contributed by atoms with Gasteiger partial charge in [0.1, 0.15) is 0 Å². The summed E-state index contributed by atoms with van der Waals surface area (Å²) in [6, 6.07) is 18.6. The third-order valence-electron chi connectivity index (χ3n) is 12.9. The van der Waals surface area contributed by atoms with E-state index in [-0.39, 0.29) is 17.1 Å². The van der Waals surface area contributed by atoms with Gasteiger partial charge >= 0.3 is 22.2 Å².